The minimum Gasteiger partial charge on any atom is -0.380 e. The third kappa shape index (κ3) is 1.72. The molecule has 3 fully saturated rings. The van der Waals surface area contributed by atoms with Gasteiger partial charge in [-0.05, 0) is 12.8 Å². The Labute approximate surface area is 94.7 Å². The smallest absolute Gasteiger partial charge is 0.0560 e. The number of rotatable bonds is 0. The average Bonchev–Trinajstić information content (AvgIpc) is 2.36. The molecule has 0 amide bonds. The Morgan fingerprint density at radius 3 is 1.93 bits per heavy atom. The van der Waals surface area contributed by atoms with E-state index in [1.54, 1.807) is 0 Å². The van der Waals surface area contributed by atoms with Crippen molar-refractivity contribution in [2.24, 2.45) is 5.41 Å². The lowest BCUT2D eigenvalue weighted by molar-refractivity contribution is -0.0828. The molecule has 0 aromatic rings. The first kappa shape index (κ1) is 9.86. The highest BCUT2D eigenvalue weighted by atomic mass is 32.2. The predicted molar refractivity (Wildman–Crippen MR) is 64.2 cm³/mol. The summed E-state index contributed by atoms with van der Waals surface area (Å²) in [6.45, 7) is 2.07. The molecule has 14 heavy (non-hydrogen) atoms. The average molecular weight is 230 g/mol. The summed E-state index contributed by atoms with van der Waals surface area (Å²) in [4.78, 5) is 0. The molecule has 3 rings (SSSR count). The van der Waals surface area contributed by atoms with Gasteiger partial charge in [-0.1, -0.05) is 12.8 Å². The van der Waals surface area contributed by atoms with Crippen LogP contribution in [0.5, 0.6) is 0 Å². The predicted octanol–water partition coefficient (Wildman–Crippen LogP) is 2.79. The second-order valence-corrected chi connectivity index (χ2v) is 7.43. The highest BCUT2D eigenvalue weighted by Gasteiger charge is 2.43. The molecule has 3 aliphatic rings. The molecule has 1 nitrogen and oxygen atoms in total. The van der Waals surface area contributed by atoms with Gasteiger partial charge in [-0.2, -0.15) is 23.5 Å². The fraction of sp³-hybridized carbons (Fsp3) is 1.00. The second-order valence-electron chi connectivity index (χ2n) is 4.98. The van der Waals surface area contributed by atoms with Gasteiger partial charge in [-0.25, -0.2) is 0 Å². The fourth-order valence-electron chi connectivity index (χ4n) is 2.61. The Hall–Kier alpha value is 0.660. The summed E-state index contributed by atoms with van der Waals surface area (Å²) < 4.78 is 5.40. The summed E-state index contributed by atoms with van der Waals surface area (Å²) in [5, 5.41) is 1.93. The van der Waals surface area contributed by atoms with Crippen LogP contribution in [0.3, 0.4) is 0 Å². The molecule has 0 radical (unpaired) electrons. The molecule has 2 saturated heterocycles. The SMILES string of the molecule is C1CC[C@H]2SCC3(COC3)CS[C@H]2C1. The Bertz CT molecular complexity index is 197. The molecule has 0 aromatic heterocycles. The zero-order valence-electron chi connectivity index (χ0n) is 8.54. The van der Waals surface area contributed by atoms with Crippen LogP contribution in [-0.2, 0) is 4.74 Å². The fourth-order valence-corrected chi connectivity index (χ4v) is 6.25. The summed E-state index contributed by atoms with van der Waals surface area (Å²) in [6.07, 6.45) is 5.88. The van der Waals surface area contributed by atoms with E-state index in [2.05, 4.69) is 23.5 Å². The molecule has 1 saturated carbocycles. The van der Waals surface area contributed by atoms with Gasteiger partial charge >= 0.3 is 0 Å². The number of hydrogen-bond donors (Lipinski definition) is 0. The van der Waals surface area contributed by atoms with Crippen molar-refractivity contribution in [1.82, 2.24) is 0 Å². The molecular formula is C11H18OS2. The summed E-state index contributed by atoms with van der Waals surface area (Å²) >= 11 is 4.50. The van der Waals surface area contributed by atoms with Crippen LogP contribution in [0.1, 0.15) is 25.7 Å². The molecule has 0 bridgehead atoms. The zero-order chi connectivity index (χ0) is 9.43. The van der Waals surface area contributed by atoms with Gasteiger partial charge in [-0.15, -0.1) is 0 Å². The van der Waals surface area contributed by atoms with E-state index in [4.69, 9.17) is 4.74 Å². The van der Waals surface area contributed by atoms with E-state index in [1.807, 2.05) is 0 Å². The topological polar surface area (TPSA) is 9.23 Å². The zero-order valence-corrected chi connectivity index (χ0v) is 10.2. The van der Waals surface area contributed by atoms with Crippen molar-refractivity contribution in [3.05, 3.63) is 0 Å². The van der Waals surface area contributed by atoms with E-state index in [-0.39, 0.29) is 0 Å². The van der Waals surface area contributed by atoms with Crippen LogP contribution in [0.25, 0.3) is 0 Å². The van der Waals surface area contributed by atoms with Gasteiger partial charge in [0.1, 0.15) is 0 Å². The van der Waals surface area contributed by atoms with Gasteiger partial charge in [-0.3, -0.25) is 0 Å². The highest BCUT2D eigenvalue weighted by Crippen LogP contribution is 2.47. The van der Waals surface area contributed by atoms with Crippen LogP contribution in [0.15, 0.2) is 0 Å². The maximum Gasteiger partial charge on any atom is 0.0560 e. The largest absolute Gasteiger partial charge is 0.380 e. The quantitative estimate of drug-likeness (QED) is 0.633. The lowest BCUT2D eigenvalue weighted by atomic mass is 9.91. The first-order chi connectivity index (χ1) is 6.88. The van der Waals surface area contributed by atoms with Crippen molar-refractivity contribution in [3.8, 4) is 0 Å². The first-order valence-electron chi connectivity index (χ1n) is 5.69. The third-order valence-corrected chi connectivity index (χ3v) is 7.38. The maximum absolute atomic E-state index is 5.40. The highest BCUT2D eigenvalue weighted by molar-refractivity contribution is 8.04. The van der Waals surface area contributed by atoms with E-state index >= 15 is 0 Å². The summed E-state index contributed by atoms with van der Waals surface area (Å²) in [7, 11) is 0. The van der Waals surface area contributed by atoms with Crippen molar-refractivity contribution in [2.75, 3.05) is 24.7 Å². The normalized spacial score (nSPS) is 41.1. The number of ether oxygens (including phenoxy) is 1. The lowest BCUT2D eigenvalue weighted by Gasteiger charge is -2.40. The van der Waals surface area contributed by atoms with Gasteiger partial charge in [0, 0.05) is 27.4 Å². The van der Waals surface area contributed by atoms with E-state index in [1.165, 1.54) is 37.2 Å². The van der Waals surface area contributed by atoms with Gasteiger partial charge in [0.05, 0.1) is 13.2 Å². The molecule has 3 heteroatoms. The monoisotopic (exact) mass is 230 g/mol. The number of hydrogen-bond acceptors (Lipinski definition) is 3. The molecule has 2 atom stereocenters. The molecule has 1 aliphatic carbocycles. The van der Waals surface area contributed by atoms with Gasteiger partial charge in [0.25, 0.3) is 0 Å². The Kier molecular flexibility index (Phi) is 2.75. The van der Waals surface area contributed by atoms with Crippen molar-refractivity contribution in [2.45, 2.75) is 36.2 Å². The second kappa shape index (κ2) is 3.91. The van der Waals surface area contributed by atoms with Crippen LogP contribution in [0, 0.1) is 5.41 Å². The molecule has 1 spiro atoms. The van der Waals surface area contributed by atoms with Gasteiger partial charge in [0.15, 0.2) is 0 Å². The summed E-state index contributed by atoms with van der Waals surface area (Å²) in [5.41, 5.74) is 0.576. The molecule has 2 heterocycles. The molecule has 0 unspecified atom stereocenters. The maximum atomic E-state index is 5.40. The molecule has 0 N–H and O–H groups in total. The van der Waals surface area contributed by atoms with E-state index in [0.717, 1.165) is 23.7 Å². The van der Waals surface area contributed by atoms with Crippen LogP contribution < -0.4 is 0 Å². The molecular weight excluding hydrogens is 212 g/mol. The van der Waals surface area contributed by atoms with Gasteiger partial charge < -0.3 is 4.74 Å². The standard InChI is InChI=1S/C11H18OS2/c1-2-4-10-9(3-1)13-7-11(8-14-10)5-12-6-11/h9-10H,1-8H2/t9-,10+. The Morgan fingerprint density at radius 2 is 1.50 bits per heavy atom. The third-order valence-electron chi connectivity index (χ3n) is 3.67. The van der Waals surface area contributed by atoms with E-state index < -0.39 is 0 Å². The summed E-state index contributed by atoms with van der Waals surface area (Å²) in [6, 6.07) is 0. The van der Waals surface area contributed by atoms with E-state index in [0.29, 0.717) is 5.41 Å². The summed E-state index contributed by atoms with van der Waals surface area (Å²) in [5.74, 6) is 2.72. The van der Waals surface area contributed by atoms with Crippen molar-refractivity contribution in [1.29, 1.82) is 0 Å². The Balaban J connectivity index is 1.67. The van der Waals surface area contributed by atoms with Crippen LogP contribution >= 0.6 is 23.5 Å². The Morgan fingerprint density at radius 1 is 0.929 bits per heavy atom. The van der Waals surface area contributed by atoms with Crippen LogP contribution in [0.2, 0.25) is 0 Å². The van der Waals surface area contributed by atoms with Crippen LogP contribution in [0.4, 0.5) is 0 Å². The number of fused-ring (bicyclic) bond motifs is 1. The molecule has 0 aromatic carbocycles. The van der Waals surface area contributed by atoms with Crippen molar-refractivity contribution < 1.29 is 4.74 Å². The van der Waals surface area contributed by atoms with Crippen molar-refractivity contribution in [3.63, 3.8) is 0 Å². The van der Waals surface area contributed by atoms with Crippen molar-refractivity contribution >= 4 is 23.5 Å². The molecule has 80 valence electrons. The lowest BCUT2D eigenvalue weighted by Crippen LogP contribution is -2.46. The minimum atomic E-state index is 0.576. The van der Waals surface area contributed by atoms with Gasteiger partial charge in [0.2, 0.25) is 0 Å². The van der Waals surface area contributed by atoms with E-state index in [9.17, 15) is 0 Å². The molecule has 2 aliphatic heterocycles. The minimum absolute atomic E-state index is 0.576. The first-order valence-corrected chi connectivity index (χ1v) is 7.79. The van der Waals surface area contributed by atoms with Crippen LogP contribution in [-0.4, -0.2) is 35.2 Å². The number of thioether (sulfide) groups is 2.